The molecule has 1 aromatic carbocycles. The fourth-order valence-corrected chi connectivity index (χ4v) is 2.04. The summed E-state index contributed by atoms with van der Waals surface area (Å²) in [4.78, 5) is 16.0. The van der Waals surface area contributed by atoms with E-state index in [1.165, 1.54) is 0 Å². The molecule has 0 saturated carbocycles. The first-order chi connectivity index (χ1) is 10.3. The Morgan fingerprint density at radius 2 is 2.10 bits per heavy atom. The molecule has 21 heavy (non-hydrogen) atoms. The van der Waals surface area contributed by atoms with Crippen molar-refractivity contribution >= 4 is 28.6 Å². The fraction of sp³-hybridized carbons (Fsp3) is 0.214. The first-order valence-electron chi connectivity index (χ1n) is 6.67. The molecule has 0 atom stereocenters. The Bertz CT molecular complexity index is 754. The number of ether oxygens (including phenoxy) is 1. The minimum atomic E-state index is 0.537. The van der Waals surface area contributed by atoms with Gasteiger partial charge in [-0.1, -0.05) is 12.1 Å². The largest absolute Gasteiger partial charge is 0.495 e. The third-order valence-corrected chi connectivity index (χ3v) is 2.98. The predicted molar refractivity (Wildman–Crippen MR) is 82.1 cm³/mol. The van der Waals surface area contributed by atoms with E-state index in [1.807, 2.05) is 31.2 Å². The highest BCUT2D eigenvalue weighted by atomic mass is 16.5. The van der Waals surface area contributed by atoms with E-state index >= 15 is 0 Å². The van der Waals surface area contributed by atoms with Crippen molar-refractivity contribution < 1.29 is 4.74 Å². The summed E-state index contributed by atoms with van der Waals surface area (Å²) in [6.07, 6.45) is 1.60. The molecule has 0 radical (unpaired) electrons. The standard InChI is InChI=1S/C14H16N6O/c1-3-15-14-19-12-11(16-8-17-12)13(20-14)18-9-6-4-5-7-10(9)21-2/h4-8H,3H2,1-2H3,(H3,15,16,17,18,19,20). The second-order valence-corrected chi connectivity index (χ2v) is 4.35. The van der Waals surface area contributed by atoms with Gasteiger partial charge in [0.2, 0.25) is 5.95 Å². The number of anilines is 3. The molecular weight excluding hydrogens is 268 g/mol. The average molecular weight is 284 g/mol. The van der Waals surface area contributed by atoms with Crippen molar-refractivity contribution in [3.05, 3.63) is 30.6 Å². The van der Waals surface area contributed by atoms with Crippen LogP contribution in [0.25, 0.3) is 11.2 Å². The van der Waals surface area contributed by atoms with Crippen molar-refractivity contribution in [3.63, 3.8) is 0 Å². The summed E-state index contributed by atoms with van der Waals surface area (Å²) in [6, 6.07) is 7.66. The maximum absolute atomic E-state index is 5.34. The van der Waals surface area contributed by atoms with Crippen LogP contribution in [0.3, 0.4) is 0 Å². The second kappa shape index (κ2) is 5.66. The van der Waals surface area contributed by atoms with Crippen LogP contribution in [-0.4, -0.2) is 33.6 Å². The van der Waals surface area contributed by atoms with E-state index in [0.29, 0.717) is 17.4 Å². The van der Waals surface area contributed by atoms with Gasteiger partial charge in [-0.25, -0.2) is 4.98 Å². The lowest BCUT2D eigenvalue weighted by Crippen LogP contribution is -2.05. The lowest BCUT2D eigenvalue weighted by Gasteiger charge is -2.11. The lowest BCUT2D eigenvalue weighted by atomic mass is 10.3. The number of benzene rings is 1. The highest BCUT2D eigenvalue weighted by molar-refractivity contribution is 5.86. The van der Waals surface area contributed by atoms with Crippen LogP contribution in [0.2, 0.25) is 0 Å². The van der Waals surface area contributed by atoms with Crippen LogP contribution >= 0.6 is 0 Å². The number of aromatic nitrogens is 4. The molecule has 3 N–H and O–H groups in total. The van der Waals surface area contributed by atoms with Gasteiger partial charge in [0, 0.05) is 6.54 Å². The minimum Gasteiger partial charge on any atom is -0.495 e. The summed E-state index contributed by atoms with van der Waals surface area (Å²) in [5, 5.41) is 6.36. The molecule has 3 aromatic rings. The third-order valence-electron chi connectivity index (χ3n) is 2.98. The monoisotopic (exact) mass is 284 g/mol. The second-order valence-electron chi connectivity index (χ2n) is 4.35. The molecule has 108 valence electrons. The summed E-state index contributed by atoms with van der Waals surface area (Å²) in [7, 11) is 1.64. The van der Waals surface area contributed by atoms with Crippen molar-refractivity contribution in [2.24, 2.45) is 0 Å². The van der Waals surface area contributed by atoms with E-state index in [1.54, 1.807) is 13.4 Å². The number of hydrogen-bond acceptors (Lipinski definition) is 6. The van der Waals surface area contributed by atoms with Crippen LogP contribution < -0.4 is 15.4 Å². The van der Waals surface area contributed by atoms with Crippen molar-refractivity contribution in [3.8, 4) is 5.75 Å². The molecule has 2 aromatic heterocycles. The molecular formula is C14H16N6O. The number of rotatable bonds is 5. The molecule has 0 amide bonds. The van der Waals surface area contributed by atoms with Crippen LogP contribution in [-0.2, 0) is 0 Å². The Kier molecular flexibility index (Phi) is 3.55. The number of methoxy groups -OCH3 is 1. The smallest absolute Gasteiger partial charge is 0.226 e. The van der Waals surface area contributed by atoms with E-state index in [2.05, 4.69) is 30.6 Å². The summed E-state index contributed by atoms with van der Waals surface area (Å²) < 4.78 is 5.34. The van der Waals surface area contributed by atoms with E-state index in [0.717, 1.165) is 23.5 Å². The van der Waals surface area contributed by atoms with Crippen LogP contribution in [0.1, 0.15) is 6.92 Å². The van der Waals surface area contributed by atoms with E-state index in [-0.39, 0.29) is 0 Å². The first kappa shape index (κ1) is 13.2. The summed E-state index contributed by atoms with van der Waals surface area (Å²) in [6.45, 7) is 2.73. The molecule has 3 rings (SSSR count). The molecule has 0 fully saturated rings. The van der Waals surface area contributed by atoms with Gasteiger partial charge in [-0.15, -0.1) is 0 Å². The Morgan fingerprint density at radius 3 is 2.90 bits per heavy atom. The topological polar surface area (TPSA) is 87.8 Å². The number of H-pyrrole nitrogens is 1. The molecule has 7 heteroatoms. The molecule has 0 saturated heterocycles. The number of nitrogens with zero attached hydrogens (tertiary/aromatic N) is 3. The lowest BCUT2D eigenvalue weighted by molar-refractivity contribution is 0.417. The zero-order chi connectivity index (χ0) is 14.7. The number of fused-ring (bicyclic) bond motifs is 1. The number of nitrogens with one attached hydrogen (secondary N) is 3. The number of imidazole rings is 1. The molecule has 0 unspecified atom stereocenters. The first-order valence-corrected chi connectivity index (χ1v) is 6.67. The Morgan fingerprint density at radius 1 is 1.24 bits per heavy atom. The zero-order valence-electron chi connectivity index (χ0n) is 11.8. The Balaban J connectivity index is 2.04. The summed E-state index contributed by atoms with van der Waals surface area (Å²) in [5.74, 6) is 1.93. The Hall–Kier alpha value is -2.83. The average Bonchev–Trinajstić information content (AvgIpc) is 2.97. The van der Waals surface area contributed by atoms with E-state index in [4.69, 9.17) is 4.74 Å². The molecule has 0 aliphatic heterocycles. The van der Waals surface area contributed by atoms with E-state index < -0.39 is 0 Å². The SMILES string of the molecule is CCNc1nc(Nc2ccccc2OC)c2[nH]cnc2n1. The van der Waals surface area contributed by atoms with Gasteiger partial charge < -0.3 is 20.4 Å². The molecule has 0 aliphatic carbocycles. The van der Waals surface area contributed by atoms with E-state index in [9.17, 15) is 0 Å². The highest BCUT2D eigenvalue weighted by Gasteiger charge is 2.11. The summed E-state index contributed by atoms with van der Waals surface area (Å²) in [5.41, 5.74) is 2.19. The normalized spacial score (nSPS) is 10.6. The number of hydrogen-bond donors (Lipinski definition) is 3. The quantitative estimate of drug-likeness (QED) is 0.667. The molecule has 0 bridgehead atoms. The van der Waals surface area contributed by atoms with Gasteiger partial charge in [0.1, 0.15) is 11.3 Å². The minimum absolute atomic E-state index is 0.537. The number of aromatic amines is 1. The van der Waals surface area contributed by atoms with Crippen molar-refractivity contribution in [2.45, 2.75) is 6.92 Å². The van der Waals surface area contributed by atoms with Crippen molar-refractivity contribution in [1.29, 1.82) is 0 Å². The highest BCUT2D eigenvalue weighted by Crippen LogP contribution is 2.29. The van der Waals surface area contributed by atoms with Crippen LogP contribution in [0, 0.1) is 0 Å². The van der Waals surface area contributed by atoms with Crippen molar-refractivity contribution in [1.82, 2.24) is 19.9 Å². The van der Waals surface area contributed by atoms with Gasteiger partial charge in [-0.3, -0.25) is 0 Å². The molecule has 7 nitrogen and oxygen atoms in total. The van der Waals surface area contributed by atoms with Gasteiger partial charge >= 0.3 is 0 Å². The third kappa shape index (κ3) is 2.58. The molecule has 2 heterocycles. The molecule has 0 aliphatic rings. The fourth-order valence-electron chi connectivity index (χ4n) is 2.04. The Labute approximate surface area is 121 Å². The number of para-hydroxylation sites is 2. The van der Waals surface area contributed by atoms with Crippen LogP contribution in [0.4, 0.5) is 17.5 Å². The van der Waals surface area contributed by atoms with Gasteiger partial charge in [0.25, 0.3) is 0 Å². The maximum atomic E-state index is 5.34. The summed E-state index contributed by atoms with van der Waals surface area (Å²) >= 11 is 0. The van der Waals surface area contributed by atoms with Gasteiger partial charge in [-0.2, -0.15) is 9.97 Å². The van der Waals surface area contributed by atoms with Gasteiger partial charge in [0.15, 0.2) is 11.5 Å². The van der Waals surface area contributed by atoms with Crippen molar-refractivity contribution in [2.75, 3.05) is 24.3 Å². The predicted octanol–water partition coefficient (Wildman–Crippen LogP) is 2.54. The molecule has 0 spiro atoms. The van der Waals surface area contributed by atoms with Crippen LogP contribution in [0.15, 0.2) is 30.6 Å². The van der Waals surface area contributed by atoms with Gasteiger partial charge in [-0.05, 0) is 19.1 Å². The van der Waals surface area contributed by atoms with Gasteiger partial charge in [0.05, 0.1) is 19.1 Å². The van der Waals surface area contributed by atoms with Crippen LogP contribution in [0.5, 0.6) is 5.75 Å². The zero-order valence-corrected chi connectivity index (χ0v) is 11.8. The maximum Gasteiger partial charge on any atom is 0.226 e.